The van der Waals surface area contributed by atoms with Gasteiger partial charge in [0.15, 0.2) is 0 Å². The van der Waals surface area contributed by atoms with Gasteiger partial charge >= 0.3 is 0 Å². The molecule has 2 heterocycles. The molecule has 2 aromatic carbocycles. The van der Waals surface area contributed by atoms with Crippen molar-refractivity contribution in [2.24, 2.45) is 0 Å². The SMILES string of the molecule is CC1(C)c2ccc(C(F)CN3CCN(c4nsc5ccccc45)CC3)cc2C(C)(C)C1O. The summed E-state index contributed by atoms with van der Waals surface area (Å²) in [5.74, 6) is 1.06. The number of benzene rings is 2. The molecule has 1 aromatic heterocycles. The highest BCUT2D eigenvalue weighted by Crippen LogP contribution is 2.50. The first-order chi connectivity index (χ1) is 15.2. The molecule has 0 amide bonds. The van der Waals surface area contributed by atoms with Crippen LogP contribution in [0.2, 0.25) is 0 Å². The van der Waals surface area contributed by atoms with E-state index in [1.807, 2.05) is 24.3 Å². The molecule has 0 saturated carbocycles. The molecule has 1 fully saturated rings. The minimum absolute atomic E-state index is 0.320. The number of rotatable bonds is 4. The van der Waals surface area contributed by atoms with Crippen LogP contribution in [0.3, 0.4) is 0 Å². The summed E-state index contributed by atoms with van der Waals surface area (Å²) in [5, 5.41) is 12.1. The van der Waals surface area contributed by atoms with Crippen molar-refractivity contribution in [2.45, 2.75) is 50.8 Å². The average molecular weight is 454 g/mol. The normalized spacial score (nSPS) is 23.4. The average Bonchev–Trinajstić information content (AvgIpc) is 3.27. The lowest BCUT2D eigenvalue weighted by atomic mass is 9.78. The van der Waals surface area contributed by atoms with E-state index in [0.29, 0.717) is 6.54 Å². The Morgan fingerprint density at radius 2 is 1.72 bits per heavy atom. The number of aliphatic hydroxyl groups excluding tert-OH is 1. The summed E-state index contributed by atoms with van der Waals surface area (Å²) < 4.78 is 21.3. The number of fused-ring (bicyclic) bond motifs is 2. The van der Waals surface area contributed by atoms with Crippen LogP contribution in [0.1, 0.15) is 50.6 Å². The molecule has 1 N–H and O–H groups in total. The zero-order chi connectivity index (χ0) is 22.7. The first kappa shape index (κ1) is 21.8. The molecule has 0 bridgehead atoms. The van der Waals surface area contributed by atoms with E-state index >= 15 is 4.39 Å². The molecule has 3 aromatic rings. The monoisotopic (exact) mass is 453 g/mol. The van der Waals surface area contributed by atoms with Gasteiger partial charge in [0.1, 0.15) is 12.0 Å². The number of hydrogen-bond acceptors (Lipinski definition) is 5. The molecule has 6 heteroatoms. The largest absolute Gasteiger partial charge is 0.391 e. The van der Waals surface area contributed by atoms with E-state index in [1.54, 1.807) is 11.5 Å². The van der Waals surface area contributed by atoms with Gasteiger partial charge in [-0.1, -0.05) is 58.0 Å². The number of hydrogen-bond donors (Lipinski definition) is 1. The number of anilines is 1. The zero-order valence-electron chi connectivity index (χ0n) is 19.3. The Kier molecular flexibility index (Phi) is 5.31. The molecule has 5 rings (SSSR count). The molecular weight excluding hydrogens is 421 g/mol. The van der Waals surface area contributed by atoms with Crippen LogP contribution >= 0.6 is 11.5 Å². The molecule has 0 spiro atoms. The second-order valence-electron chi connectivity index (χ2n) is 10.4. The molecule has 170 valence electrons. The summed E-state index contributed by atoms with van der Waals surface area (Å²) in [6, 6.07) is 14.3. The molecule has 1 aliphatic heterocycles. The maximum absolute atomic E-state index is 15.4. The predicted octanol–water partition coefficient (Wildman–Crippen LogP) is 5.06. The number of piperazine rings is 1. The Labute approximate surface area is 193 Å². The number of alkyl halides is 1. The summed E-state index contributed by atoms with van der Waals surface area (Å²) in [6.07, 6.45) is -1.52. The van der Waals surface area contributed by atoms with Crippen LogP contribution in [-0.2, 0) is 10.8 Å². The quantitative estimate of drug-likeness (QED) is 0.600. The van der Waals surface area contributed by atoms with E-state index in [0.717, 1.165) is 48.7 Å². The van der Waals surface area contributed by atoms with Crippen LogP contribution in [0.15, 0.2) is 42.5 Å². The topological polar surface area (TPSA) is 39.6 Å². The zero-order valence-corrected chi connectivity index (χ0v) is 20.1. The molecular formula is C26H32FN3OS. The lowest BCUT2D eigenvalue weighted by molar-refractivity contribution is 0.0566. The van der Waals surface area contributed by atoms with Crippen LogP contribution in [0.4, 0.5) is 10.2 Å². The predicted molar refractivity (Wildman–Crippen MR) is 131 cm³/mol. The van der Waals surface area contributed by atoms with Gasteiger partial charge in [0, 0.05) is 48.9 Å². The molecule has 1 saturated heterocycles. The van der Waals surface area contributed by atoms with Gasteiger partial charge in [0.2, 0.25) is 0 Å². The lowest BCUT2D eigenvalue weighted by Crippen LogP contribution is -2.47. The van der Waals surface area contributed by atoms with E-state index in [1.165, 1.54) is 10.1 Å². The van der Waals surface area contributed by atoms with Crippen molar-refractivity contribution in [1.82, 2.24) is 9.27 Å². The van der Waals surface area contributed by atoms with Crippen LogP contribution in [0.25, 0.3) is 10.1 Å². The second kappa shape index (κ2) is 7.79. The van der Waals surface area contributed by atoms with Crippen molar-refractivity contribution in [3.8, 4) is 0 Å². The van der Waals surface area contributed by atoms with E-state index in [2.05, 4.69) is 60.1 Å². The van der Waals surface area contributed by atoms with Crippen LogP contribution in [0.5, 0.6) is 0 Å². The van der Waals surface area contributed by atoms with Gasteiger partial charge in [-0.25, -0.2) is 4.39 Å². The van der Waals surface area contributed by atoms with Gasteiger partial charge in [-0.3, -0.25) is 4.90 Å². The molecule has 2 atom stereocenters. The molecule has 0 radical (unpaired) electrons. The van der Waals surface area contributed by atoms with Crippen molar-refractivity contribution >= 4 is 27.4 Å². The van der Waals surface area contributed by atoms with Crippen LogP contribution < -0.4 is 4.90 Å². The van der Waals surface area contributed by atoms with Gasteiger partial charge in [-0.2, -0.15) is 4.37 Å². The number of nitrogens with zero attached hydrogens (tertiary/aromatic N) is 3. The van der Waals surface area contributed by atoms with Gasteiger partial charge < -0.3 is 10.0 Å². The third kappa shape index (κ3) is 3.44. The highest BCUT2D eigenvalue weighted by molar-refractivity contribution is 7.13. The molecule has 2 aliphatic rings. The van der Waals surface area contributed by atoms with E-state index in [9.17, 15) is 5.11 Å². The second-order valence-corrected chi connectivity index (χ2v) is 11.2. The maximum atomic E-state index is 15.4. The fourth-order valence-corrected chi connectivity index (χ4v) is 6.42. The Hall–Kier alpha value is -2.02. The summed E-state index contributed by atoms with van der Waals surface area (Å²) in [6.45, 7) is 12.0. The number of halogens is 1. The maximum Gasteiger partial charge on any atom is 0.150 e. The number of aromatic nitrogens is 1. The fraction of sp³-hybridized carbons (Fsp3) is 0.500. The molecule has 4 nitrogen and oxygen atoms in total. The van der Waals surface area contributed by atoms with Crippen LogP contribution in [0, 0.1) is 0 Å². The number of aliphatic hydroxyl groups is 1. The first-order valence-electron chi connectivity index (χ1n) is 11.5. The van der Waals surface area contributed by atoms with Crippen molar-refractivity contribution in [1.29, 1.82) is 0 Å². The van der Waals surface area contributed by atoms with E-state index in [-0.39, 0.29) is 10.8 Å². The van der Waals surface area contributed by atoms with E-state index in [4.69, 9.17) is 0 Å². The van der Waals surface area contributed by atoms with E-state index < -0.39 is 12.3 Å². The Balaban J connectivity index is 1.26. The van der Waals surface area contributed by atoms with Crippen molar-refractivity contribution < 1.29 is 9.50 Å². The Morgan fingerprint density at radius 1 is 1.03 bits per heavy atom. The van der Waals surface area contributed by atoms with Crippen molar-refractivity contribution in [3.05, 3.63) is 59.2 Å². The summed E-state index contributed by atoms with van der Waals surface area (Å²) >= 11 is 1.54. The van der Waals surface area contributed by atoms with Crippen molar-refractivity contribution in [2.75, 3.05) is 37.6 Å². The summed E-state index contributed by atoms with van der Waals surface area (Å²) in [7, 11) is 0. The summed E-state index contributed by atoms with van der Waals surface area (Å²) in [5.41, 5.74) is 2.23. The van der Waals surface area contributed by atoms with Gasteiger partial charge in [0.25, 0.3) is 0 Å². The van der Waals surface area contributed by atoms with Crippen molar-refractivity contribution in [3.63, 3.8) is 0 Å². The van der Waals surface area contributed by atoms with Gasteiger partial charge in [-0.05, 0) is 40.4 Å². The first-order valence-corrected chi connectivity index (χ1v) is 12.3. The molecule has 2 unspecified atom stereocenters. The highest BCUT2D eigenvalue weighted by atomic mass is 32.1. The minimum atomic E-state index is -1.04. The Bertz CT molecular complexity index is 1130. The van der Waals surface area contributed by atoms with Crippen LogP contribution in [-0.4, -0.2) is 53.2 Å². The smallest absolute Gasteiger partial charge is 0.150 e. The van der Waals surface area contributed by atoms with Gasteiger partial charge in [-0.15, -0.1) is 0 Å². The standard InChI is InChI=1S/C26H32FN3OS/c1-25(2)19-10-9-17(15-20(19)26(3,4)24(25)31)21(27)16-29-11-13-30(14-12-29)23-18-7-5-6-8-22(18)32-28-23/h5-10,15,21,24,31H,11-14,16H2,1-4H3. The fourth-order valence-electron chi connectivity index (χ4n) is 5.62. The lowest BCUT2D eigenvalue weighted by Gasteiger charge is -2.35. The summed E-state index contributed by atoms with van der Waals surface area (Å²) in [4.78, 5) is 4.54. The minimum Gasteiger partial charge on any atom is -0.391 e. The van der Waals surface area contributed by atoms with Gasteiger partial charge in [0.05, 0.1) is 10.8 Å². The molecule has 32 heavy (non-hydrogen) atoms. The molecule has 1 aliphatic carbocycles. The third-order valence-corrected chi connectivity index (χ3v) is 8.43. The Morgan fingerprint density at radius 3 is 2.47 bits per heavy atom. The highest BCUT2D eigenvalue weighted by Gasteiger charge is 2.50. The third-order valence-electron chi connectivity index (χ3n) is 7.61.